The second kappa shape index (κ2) is 9.13. The zero-order chi connectivity index (χ0) is 21.0. The number of aromatic nitrogens is 3. The molecule has 2 aromatic heterocycles. The Labute approximate surface area is 176 Å². The summed E-state index contributed by atoms with van der Waals surface area (Å²) in [4.78, 5) is 27.0. The SMILES string of the molecule is CCN(CC(=O)NC1CCS(=O)(=O)C1)C(=O)CSc1nnc(-c2cccs2)n1N. The van der Waals surface area contributed by atoms with E-state index >= 15 is 0 Å². The predicted molar refractivity (Wildman–Crippen MR) is 112 cm³/mol. The minimum Gasteiger partial charge on any atom is -0.351 e. The Morgan fingerprint density at radius 3 is 2.86 bits per heavy atom. The molecule has 10 nitrogen and oxygen atoms in total. The highest BCUT2D eigenvalue weighted by atomic mass is 32.2. The smallest absolute Gasteiger partial charge is 0.239 e. The lowest BCUT2D eigenvalue weighted by Gasteiger charge is -2.21. The van der Waals surface area contributed by atoms with E-state index in [1.165, 1.54) is 20.9 Å². The molecule has 1 saturated heterocycles. The van der Waals surface area contributed by atoms with Gasteiger partial charge in [0.25, 0.3) is 0 Å². The maximum Gasteiger partial charge on any atom is 0.239 e. The Balaban J connectivity index is 1.52. The molecule has 29 heavy (non-hydrogen) atoms. The highest BCUT2D eigenvalue weighted by molar-refractivity contribution is 7.99. The lowest BCUT2D eigenvalue weighted by molar-refractivity contribution is -0.134. The van der Waals surface area contributed by atoms with Gasteiger partial charge >= 0.3 is 0 Å². The maximum absolute atomic E-state index is 12.5. The van der Waals surface area contributed by atoms with Gasteiger partial charge in [-0.05, 0) is 24.8 Å². The molecule has 158 valence electrons. The molecule has 13 heteroatoms. The molecule has 0 spiro atoms. The standard InChI is InChI=1S/C16H22N6O4S3/c1-2-21(8-13(23)18-11-5-7-29(25,26)10-11)14(24)9-28-16-20-19-15(22(16)17)12-4-3-6-27-12/h3-4,6,11H,2,5,7-10,17H2,1H3,(H,18,23). The van der Waals surface area contributed by atoms with Crippen molar-refractivity contribution in [2.24, 2.45) is 0 Å². The second-order valence-electron chi connectivity index (χ2n) is 6.52. The first-order chi connectivity index (χ1) is 13.8. The van der Waals surface area contributed by atoms with Gasteiger partial charge in [-0.2, -0.15) is 0 Å². The van der Waals surface area contributed by atoms with Gasteiger partial charge in [-0.3, -0.25) is 9.59 Å². The van der Waals surface area contributed by atoms with Crippen molar-refractivity contribution < 1.29 is 18.0 Å². The maximum atomic E-state index is 12.5. The van der Waals surface area contributed by atoms with Crippen LogP contribution >= 0.6 is 23.1 Å². The van der Waals surface area contributed by atoms with Crippen molar-refractivity contribution in [2.45, 2.75) is 24.5 Å². The number of sulfone groups is 1. The summed E-state index contributed by atoms with van der Waals surface area (Å²) in [7, 11) is -3.07. The van der Waals surface area contributed by atoms with Crippen molar-refractivity contribution in [3.05, 3.63) is 17.5 Å². The Kier molecular flexibility index (Phi) is 6.80. The molecule has 0 bridgehead atoms. The van der Waals surface area contributed by atoms with Crippen LogP contribution in [-0.2, 0) is 19.4 Å². The highest BCUT2D eigenvalue weighted by Gasteiger charge is 2.29. The van der Waals surface area contributed by atoms with E-state index in [9.17, 15) is 18.0 Å². The third kappa shape index (κ3) is 5.48. The average molecular weight is 459 g/mol. The van der Waals surface area contributed by atoms with Crippen LogP contribution in [-0.4, -0.2) is 76.4 Å². The van der Waals surface area contributed by atoms with Crippen LogP contribution in [0.15, 0.2) is 22.7 Å². The number of carbonyl (C=O) groups excluding carboxylic acids is 2. The minimum atomic E-state index is -3.07. The van der Waals surface area contributed by atoms with Gasteiger partial charge in [-0.15, -0.1) is 21.5 Å². The first kappa shape index (κ1) is 21.6. The molecule has 3 heterocycles. The fourth-order valence-corrected chi connectivity index (χ4v) is 6.04. The van der Waals surface area contributed by atoms with Crippen molar-refractivity contribution in [1.29, 1.82) is 0 Å². The quantitative estimate of drug-likeness (QED) is 0.415. The number of amides is 2. The van der Waals surface area contributed by atoms with Gasteiger partial charge in [0.1, 0.15) is 0 Å². The molecule has 1 atom stereocenters. The number of nitrogen functional groups attached to an aromatic ring is 1. The van der Waals surface area contributed by atoms with E-state index in [4.69, 9.17) is 5.84 Å². The minimum absolute atomic E-state index is 0.0482. The number of nitrogens with zero attached hydrogens (tertiary/aromatic N) is 4. The number of nitrogens with one attached hydrogen (secondary N) is 1. The predicted octanol–water partition coefficient (Wildman–Crippen LogP) is -0.0357. The number of carbonyl (C=O) groups is 2. The summed E-state index contributed by atoms with van der Waals surface area (Å²) in [6, 6.07) is 3.38. The van der Waals surface area contributed by atoms with Crippen molar-refractivity contribution in [1.82, 2.24) is 25.1 Å². The summed E-state index contributed by atoms with van der Waals surface area (Å²) in [5.41, 5.74) is 0. The Morgan fingerprint density at radius 1 is 1.45 bits per heavy atom. The lowest BCUT2D eigenvalue weighted by atomic mass is 10.2. The number of hydrogen-bond acceptors (Lipinski definition) is 9. The van der Waals surface area contributed by atoms with Crippen LogP contribution < -0.4 is 11.2 Å². The van der Waals surface area contributed by atoms with Crippen LogP contribution in [0.25, 0.3) is 10.7 Å². The van der Waals surface area contributed by atoms with Gasteiger partial charge in [-0.1, -0.05) is 17.8 Å². The molecule has 0 saturated carbocycles. The molecule has 1 aliphatic heterocycles. The van der Waals surface area contributed by atoms with E-state index in [1.807, 2.05) is 17.5 Å². The van der Waals surface area contributed by atoms with Gasteiger partial charge in [0, 0.05) is 12.6 Å². The number of thioether (sulfide) groups is 1. The molecule has 2 aromatic rings. The topological polar surface area (TPSA) is 140 Å². The van der Waals surface area contributed by atoms with E-state index in [0.29, 0.717) is 23.9 Å². The van der Waals surface area contributed by atoms with Crippen LogP contribution in [0, 0.1) is 0 Å². The molecule has 2 amide bonds. The van der Waals surface area contributed by atoms with Crippen molar-refractivity contribution >= 4 is 44.8 Å². The summed E-state index contributed by atoms with van der Waals surface area (Å²) in [6.07, 6.45) is 0.405. The lowest BCUT2D eigenvalue weighted by Crippen LogP contribution is -2.45. The normalized spacial score (nSPS) is 17.9. The van der Waals surface area contributed by atoms with Crippen molar-refractivity contribution in [2.75, 3.05) is 36.2 Å². The summed E-state index contributed by atoms with van der Waals surface area (Å²) in [5.74, 6) is 6.02. The van der Waals surface area contributed by atoms with Crippen molar-refractivity contribution in [3.63, 3.8) is 0 Å². The molecule has 0 aliphatic carbocycles. The molecule has 3 N–H and O–H groups in total. The van der Waals surface area contributed by atoms with Gasteiger partial charge in [0.2, 0.25) is 17.0 Å². The van der Waals surface area contributed by atoms with Crippen LogP contribution in [0.5, 0.6) is 0 Å². The molecule has 0 aromatic carbocycles. The van der Waals surface area contributed by atoms with Crippen LogP contribution in [0.2, 0.25) is 0 Å². The van der Waals surface area contributed by atoms with E-state index in [0.717, 1.165) is 16.6 Å². The zero-order valence-electron chi connectivity index (χ0n) is 15.8. The molecular formula is C16H22N6O4S3. The van der Waals surface area contributed by atoms with Gasteiger partial charge in [0.05, 0.1) is 28.7 Å². The molecule has 1 unspecified atom stereocenters. The number of nitrogens with two attached hydrogens (primary N) is 1. The first-order valence-corrected chi connectivity index (χ1v) is 12.6. The van der Waals surface area contributed by atoms with E-state index in [-0.39, 0.29) is 41.7 Å². The molecule has 1 aliphatic rings. The summed E-state index contributed by atoms with van der Waals surface area (Å²) < 4.78 is 24.3. The number of hydrogen-bond donors (Lipinski definition) is 2. The third-order valence-corrected chi connectivity index (χ3v) is 7.96. The first-order valence-electron chi connectivity index (χ1n) is 8.93. The van der Waals surface area contributed by atoms with Gasteiger partial charge in [-0.25, -0.2) is 13.1 Å². The molecule has 0 radical (unpaired) electrons. The third-order valence-electron chi connectivity index (χ3n) is 4.40. The number of rotatable bonds is 8. The van der Waals surface area contributed by atoms with Crippen molar-refractivity contribution in [3.8, 4) is 10.7 Å². The summed E-state index contributed by atoms with van der Waals surface area (Å²) in [5, 5.41) is 13.1. The highest BCUT2D eigenvalue weighted by Crippen LogP contribution is 2.25. The molecule has 1 fully saturated rings. The van der Waals surface area contributed by atoms with Gasteiger partial charge < -0.3 is 16.1 Å². The second-order valence-corrected chi connectivity index (χ2v) is 10.6. The summed E-state index contributed by atoms with van der Waals surface area (Å²) in [6.45, 7) is 2.00. The van der Waals surface area contributed by atoms with E-state index in [2.05, 4.69) is 15.5 Å². The van der Waals surface area contributed by atoms with Crippen LogP contribution in [0.3, 0.4) is 0 Å². The molecular weight excluding hydrogens is 436 g/mol. The van der Waals surface area contributed by atoms with E-state index in [1.54, 1.807) is 6.92 Å². The number of likely N-dealkylation sites (N-methyl/N-ethyl adjacent to an activating group) is 1. The average Bonchev–Trinajstić information content (AvgIpc) is 3.38. The fourth-order valence-electron chi connectivity index (χ4n) is 2.90. The largest absolute Gasteiger partial charge is 0.351 e. The summed E-state index contributed by atoms with van der Waals surface area (Å²) >= 11 is 2.63. The Morgan fingerprint density at radius 2 is 2.24 bits per heavy atom. The van der Waals surface area contributed by atoms with Crippen LogP contribution in [0.4, 0.5) is 0 Å². The number of thiophene rings is 1. The fraction of sp³-hybridized carbons (Fsp3) is 0.500. The van der Waals surface area contributed by atoms with Crippen LogP contribution in [0.1, 0.15) is 13.3 Å². The molecule has 3 rings (SSSR count). The van der Waals surface area contributed by atoms with E-state index < -0.39 is 9.84 Å². The zero-order valence-corrected chi connectivity index (χ0v) is 18.2. The van der Waals surface area contributed by atoms with Gasteiger partial charge in [0.15, 0.2) is 15.7 Å². The monoisotopic (exact) mass is 458 g/mol. The Hall–Kier alpha value is -2.12. The Bertz CT molecular complexity index is 973.